The normalized spacial score (nSPS) is 21.3. The molecule has 0 spiro atoms. The Morgan fingerprint density at radius 1 is 1.31 bits per heavy atom. The number of ether oxygens (including phenoxy) is 2. The smallest absolute Gasteiger partial charge is 0.325 e. The molecular formula is C18H23N3O5. The van der Waals surface area contributed by atoms with Gasteiger partial charge in [0.05, 0.1) is 0 Å². The van der Waals surface area contributed by atoms with E-state index in [1.807, 2.05) is 0 Å². The molecule has 2 aliphatic rings. The van der Waals surface area contributed by atoms with Gasteiger partial charge in [0, 0.05) is 11.8 Å². The molecule has 3 rings (SSSR count). The molecule has 140 valence electrons. The predicted molar refractivity (Wildman–Crippen MR) is 93.9 cm³/mol. The van der Waals surface area contributed by atoms with Crippen LogP contribution in [0, 0.1) is 5.92 Å². The van der Waals surface area contributed by atoms with E-state index < -0.39 is 17.5 Å². The van der Waals surface area contributed by atoms with Crippen LogP contribution in [0.25, 0.3) is 0 Å². The van der Waals surface area contributed by atoms with E-state index in [1.54, 1.807) is 25.1 Å². The second-order valence-electron chi connectivity index (χ2n) is 7.20. The average molecular weight is 361 g/mol. The van der Waals surface area contributed by atoms with Crippen molar-refractivity contribution in [2.24, 2.45) is 5.92 Å². The van der Waals surface area contributed by atoms with E-state index in [4.69, 9.17) is 9.47 Å². The summed E-state index contributed by atoms with van der Waals surface area (Å²) in [6.07, 6.45) is 1.34. The van der Waals surface area contributed by atoms with E-state index in [-0.39, 0.29) is 19.2 Å². The van der Waals surface area contributed by atoms with Gasteiger partial charge < -0.3 is 20.1 Å². The van der Waals surface area contributed by atoms with E-state index in [0.29, 0.717) is 29.5 Å². The van der Waals surface area contributed by atoms with Crippen LogP contribution in [-0.2, 0) is 9.59 Å². The fourth-order valence-corrected chi connectivity index (χ4v) is 2.96. The molecule has 1 saturated heterocycles. The van der Waals surface area contributed by atoms with Gasteiger partial charge in [0.25, 0.3) is 5.91 Å². The first-order chi connectivity index (χ1) is 12.3. The summed E-state index contributed by atoms with van der Waals surface area (Å²) in [6.45, 7) is 5.62. The molecule has 2 N–H and O–H groups in total. The van der Waals surface area contributed by atoms with E-state index in [0.717, 1.165) is 11.3 Å². The summed E-state index contributed by atoms with van der Waals surface area (Å²) in [5, 5.41) is 5.38. The van der Waals surface area contributed by atoms with Gasteiger partial charge in [-0.3, -0.25) is 14.5 Å². The molecule has 0 unspecified atom stereocenters. The number of fused-ring (bicyclic) bond motifs is 1. The topological polar surface area (TPSA) is 97.0 Å². The zero-order valence-corrected chi connectivity index (χ0v) is 15.1. The molecule has 4 amide bonds. The number of hydrogen-bond donors (Lipinski definition) is 2. The molecule has 8 nitrogen and oxygen atoms in total. The molecule has 2 aliphatic heterocycles. The monoisotopic (exact) mass is 361 g/mol. The second-order valence-corrected chi connectivity index (χ2v) is 7.20. The molecule has 0 aliphatic carbocycles. The van der Waals surface area contributed by atoms with Crippen molar-refractivity contribution >= 4 is 23.5 Å². The maximum Gasteiger partial charge on any atom is 0.325 e. The lowest BCUT2D eigenvalue weighted by atomic mass is 9.92. The van der Waals surface area contributed by atoms with Gasteiger partial charge in [0.1, 0.15) is 12.1 Å². The number of urea groups is 1. The Hall–Kier alpha value is -2.77. The molecule has 0 aromatic heterocycles. The molecule has 1 aromatic carbocycles. The predicted octanol–water partition coefficient (Wildman–Crippen LogP) is 2.10. The number of benzene rings is 1. The van der Waals surface area contributed by atoms with E-state index >= 15 is 0 Å². The molecule has 2 heterocycles. The largest absolute Gasteiger partial charge is 0.454 e. The first-order valence-electron chi connectivity index (χ1n) is 8.62. The summed E-state index contributed by atoms with van der Waals surface area (Å²) in [4.78, 5) is 38.0. The van der Waals surface area contributed by atoms with Gasteiger partial charge in [-0.2, -0.15) is 0 Å². The molecule has 26 heavy (non-hydrogen) atoms. The highest BCUT2D eigenvalue weighted by atomic mass is 16.7. The van der Waals surface area contributed by atoms with Crippen LogP contribution < -0.4 is 20.1 Å². The Kier molecular flexibility index (Phi) is 4.76. The van der Waals surface area contributed by atoms with Crippen molar-refractivity contribution < 1.29 is 23.9 Å². The highest BCUT2D eigenvalue weighted by molar-refractivity contribution is 6.09. The van der Waals surface area contributed by atoms with Gasteiger partial charge >= 0.3 is 6.03 Å². The third kappa shape index (κ3) is 3.58. The molecular weight excluding hydrogens is 338 g/mol. The lowest BCUT2D eigenvalue weighted by Crippen LogP contribution is -2.44. The van der Waals surface area contributed by atoms with E-state index in [2.05, 4.69) is 24.5 Å². The SMILES string of the molecule is CC(C)CC[C@@]1(C)NC(=O)N(CC(=O)Nc2ccc3c(c2)OCO3)C1=O. The standard InChI is InChI=1S/C18H23N3O5/c1-11(2)6-7-18(3)16(23)21(17(24)20-18)9-15(22)19-12-4-5-13-14(8-12)26-10-25-13/h4-5,8,11H,6-7,9-10H2,1-3H3,(H,19,22)(H,20,24)/t18-/m1/s1. The Labute approximate surface area is 151 Å². The third-order valence-corrected chi connectivity index (χ3v) is 4.52. The quantitative estimate of drug-likeness (QED) is 0.757. The Morgan fingerprint density at radius 3 is 2.77 bits per heavy atom. The third-order valence-electron chi connectivity index (χ3n) is 4.52. The van der Waals surface area contributed by atoms with Crippen LogP contribution in [0.15, 0.2) is 18.2 Å². The number of hydrogen-bond acceptors (Lipinski definition) is 5. The average Bonchev–Trinajstić information content (AvgIpc) is 3.11. The van der Waals surface area contributed by atoms with Gasteiger partial charge in [-0.05, 0) is 37.8 Å². The number of carbonyl (C=O) groups excluding carboxylic acids is 3. The maximum atomic E-state index is 12.6. The molecule has 0 radical (unpaired) electrons. The van der Waals surface area contributed by atoms with E-state index in [9.17, 15) is 14.4 Å². The molecule has 1 fully saturated rings. The maximum absolute atomic E-state index is 12.6. The summed E-state index contributed by atoms with van der Waals surface area (Å²) in [6, 6.07) is 4.46. The minimum absolute atomic E-state index is 0.143. The fourth-order valence-electron chi connectivity index (χ4n) is 2.96. The van der Waals surface area contributed by atoms with Gasteiger partial charge in [0.2, 0.25) is 12.7 Å². The summed E-state index contributed by atoms with van der Waals surface area (Å²) < 4.78 is 10.5. The van der Waals surface area contributed by atoms with Crippen LogP contribution >= 0.6 is 0 Å². The number of amides is 4. The molecule has 8 heteroatoms. The van der Waals surface area contributed by atoms with Crippen LogP contribution in [-0.4, -0.2) is 41.6 Å². The van der Waals surface area contributed by atoms with Crippen LogP contribution in [0.3, 0.4) is 0 Å². The van der Waals surface area contributed by atoms with Gasteiger partial charge in [-0.15, -0.1) is 0 Å². The highest BCUT2D eigenvalue weighted by Crippen LogP contribution is 2.34. The van der Waals surface area contributed by atoms with E-state index in [1.165, 1.54) is 0 Å². The van der Waals surface area contributed by atoms with Crippen molar-refractivity contribution in [3.63, 3.8) is 0 Å². The van der Waals surface area contributed by atoms with Crippen molar-refractivity contribution in [3.8, 4) is 11.5 Å². The Balaban J connectivity index is 1.62. The summed E-state index contributed by atoms with van der Waals surface area (Å²) in [5.41, 5.74) is -0.450. The van der Waals surface area contributed by atoms with Crippen molar-refractivity contribution in [2.45, 2.75) is 39.2 Å². The van der Waals surface area contributed by atoms with Crippen LogP contribution in [0.2, 0.25) is 0 Å². The number of nitrogens with zero attached hydrogens (tertiary/aromatic N) is 1. The zero-order valence-electron chi connectivity index (χ0n) is 15.1. The minimum atomic E-state index is -0.958. The number of imide groups is 1. The Morgan fingerprint density at radius 2 is 2.04 bits per heavy atom. The van der Waals surface area contributed by atoms with Crippen LogP contribution in [0.5, 0.6) is 11.5 Å². The van der Waals surface area contributed by atoms with Gasteiger partial charge in [0.15, 0.2) is 11.5 Å². The molecule has 0 saturated carbocycles. The lowest BCUT2D eigenvalue weighted by Gasteiger charge is -2.22. The molecule has 1 aromatic rings. The van der Waals surface area contributed by atoms with Crippen LogP contribution in [0.4, 0.5) is 10.5 Å². The second kappa shape index (κ2) is 6.86. The minimum Gasteiger partial charge on any atom is -0.454 e. The van der Waals surface area contributed by atoms with Crippen molar-refractivity contribution in [1.82, 2.24) is 10.2 Å². The number of nitrogens with one attached hydrogen (secondary N) is 2. The fraction of sp³-hybridized carbons (Fsp3) is 0.500. The zero-order chi connectivity index (χ0) is 18.9. The summed E-state index contributed by atoms with van der Waals surface area (Å²) in [5.74, 6) is 0.737. The lowest BCUT2D eigenvalue weighted by molar-refractivity contribution is -0.133. The number of carbonyl (C=O) groups is 3. The molecule has 1 atom stereocenters. The number of rotatable bonds is 6. The summed E-state index contributed by atoms with van der Waals surface area (Å²) in [7, 11) is 0. The highest BCUT2D eigenvalue weighted by Gasteiger charge is 2.47. The van der Waals surface area contributed by atoms with Gasteiger partial charge in [-0.1, -0.05) is 13.8 Å². The summed E-state index contributed by atoms with van der Waals surface area (Å²) >= 11 is 0. The first kappa shape index (κ1) is 18.0. The molecule has 0 bridgehead atoms. The van der Waals surface area contributed by atoms with Crippen LogP contribution in [0.1, 0.15) is 33.6 Å². The Bertz CT molecular complexity index is 748. The van der Waals surface area contributed by atoms with Gasteiger partial charge in [-0.25, -0.2) is 4.79 Å². The number of anilines is 1. The van der Waals surface area contributed by atoms with Crippen molar-refractivity contribution in [1.29, 1.82) is 0 Å². The van der Waals surface area contributed by atoms with Crippen molar-refractivity contribution in [3.05, 3.63) is 18.2 Å². The first-order valence-corrected chi connectivity index (χ1v) is 8.62. The van der Waals surface area contributed by atoms with Crippen molar-refractivity contribution in [2.75, 3.05) is 18.7 Å².